The fourth-order valence-corrected chi connectivity index (χ4v) is 6.44. The smallest absolute Gasteiger partial charge is 0.657 e. The third-order valence-electron chi connectivity index (χ3n) is 8.80. The summed E-state index contributed by atoms with van der Waals surface area (Å²) in [5.41, 5.74) is 8.44. The Labute approximate surface area is 292 Å². The number of carbonyl (C=O) groups is 3. The van der Waals surface area contributed by atoms with Gasteiger partial charge in [0.15, 0.2) is 5.78 Å². The number of aromatic nitrogens is 4. The van der Waals surface area contributed by atoms with E-state index in [4.69, 9.17) is 19.9 Å². The van der Waals surface area contributed by atoms with Crippen LogP contribution in [0.15, 0.2) is 6.58 Å². The van der Waals surface area contributed by atoms with Crippen LogP contribution in [0.5, 0.6) is 0 Å². The number of ketones is 1. The Morgan fingerprint density at radius 3 is 2.07 bits per heavy atom. The Bertz CT molecular complexity index is 2180. The van der Waals surface area contributed by atoms with Crippen LogP contribution >= 0.6 is 0 Å². The van der Waals surface area contributed by atoms with Crippen LogP contribution in [0.3, 0.4) is 0 Å². The molecule has 231 valence electrons. The van der Waals surface area contributed by atoms with Crippen LogP contribution in [0.2, 0.25) is 0 Å². The van der Waals surface area contributed by atoms with Gasteiger partial charge in [-0.2, -0.15) is 0 Å². The number of Topliss-reactive ketones (excluding diaryl/α,β-unsaturated/α-hetero) is 1. The molecule has 11 heteroatoms. The number of rotatable bonds is 6. The van der Waals surface area contributed by atoms with Crippen molar-refractivity contribution in [1.29, 1.82) is 0 Å². The quantitative estimate of drug-likeness (QED) is 0.175. The summed E-state index contributed by atoms with van der Waals surface area (Å²) in [6.45, 7) is 13.6. The van der Waals surface area contributed by atoms with Gasteiger partial charge in [-0.1, -0.05) is 76.8 Å². The number of carbonyl (C=O) groups excluding carboxylic acids is 1. The molecule has 1 radical (unpaired) electrons. The second-order valence-electron chi connectivity index (χ2n) is 11.1. The summed E-state index contributed by atoms with van der Waals surface area (Å²) in [5.74, 6) is -4.35. The first-order valence-electron chi connectivity index (χ1n) is 14.2. The van der Waals surface area contributed by atoms with Crippen molar-refractivity contribution in [3.8, 4) is 0 Å². The predicted molar refractivity (Wildman–Crippen MR) is 161 cm³/mol. The fraction of sp³-hybridized carbons (Fsp3) is 0.265. The van der Waals surface area contributed by atoms with Crippen molar-refractivity contribution in [1.82, 2.24) is 19.9 Å². The molecule has 0 saturated carbocycles. The van der Waals surface area contributed by atoms with Gasteiger partial charge in [0.25, 0.3) is 0 Å². The molecule has 4 aromatic rings. The monoisotopic (exact) mass is 660 g/mol. The average molecular weight is 661 g/mol. The summed E-state index contributed by atoms with van der Waals surface area (Å²) < 4.78 is 0. The zero-order chi connectivity index (χ0) is 30.9. The van der Waals surface area contributed by atoms with Gasteiger partial charge in [0.1, 0.15) is 5.92 Å². The molecule has 1 unspecified atom stereocenters. The summed E-state index contributed by atoms with van der Waals surface area (Å²) >= 11 is 0. The standard InChI is InChI=1S/C34H33N4O5.Cu.Na/c1-7-18-14(3)21-11-23-16(5)20(9-10-27(39)40)31(37-23)29-30(34(42)43)33(41)28-17(6)24(38-32(28)29)13-26-19(8-2)15(4)22(36-26)12-25(18)35-21;;/h7,11-13,30H,1,8-10H2,2-6H3,(H5-,35,36,37,38,39,40,41,42,43);;/q-1;;+1/p-3/b21-11-,22-12?,23-11?,24-13-,25-12-,26-13?,31-29?;;. The van der Waals surface area contributed by atoms with E-state index < -0.39 is 23.6 Å². The molecule has 1 atom stereocenters. The number of fused-ring (bicyclic) bond motifs is 8. The molecule has 1 aliphatic carbocycles. The Morgan fingerprint density at radius 2 is 1.44 bits per heavy atom. The first-order valence-corrected chi connectivity index (χ1v) is 14.2. The molecule has 6 rings (SSSR count). The van der Waals surface area contributed by atoms with Crippen molar-refractivity contribution in [2.24, 2.45) is 5.92 Å². The van der Waals surface area contributed by atoms with E-state index in [-0.39, 0.29) is 76.0 Å². The second kappa shape index (κ2) is 12.7. The van der Waals surface area contributed by atoms with Crippen LogP contribution in [-0.2, 0) is 39.5 Å². The van der Waals surface area contributed by atoms with Gasteiger partial charge in [-0.25, -0.2) is 0 Å². The van der Waals surface area contributed by atoms with Gasteiger partial charge in [0, 0.05) is 29.1 Å². The van der Waals surface area contributed by atoms with Gasteiger partial charge in [-0.15, -0.1) is 44.2 Å². The van der Waals surface area contributed by atoms with Crippen LogP contribution in [0.4, 0.5) is 0 Å². The van der Waals surface area contributed by atoms with Crippen molar-refractivity contribution >= 4 is 47.6 Å². The average Bonchev–Trinajstić information content (AvgIpc) is 3.68. The van der Waals surface area contributed by atoms with E-state index in [1.807, 2.05) is 39.0 Å². The van der Waals surface area contributed by atoms with Crippen molar-refractivity contribution in [2.45, 2.75) is 53.9 Å². The number of carboxylic acid groups (broad SMARTS) is 2. The van der Waals surface area contributed by atoms with E-state index in [1.54, 1.807) is 13.0 Å². The molecule has 4 aromatic heterocycles. The molecule has 0 amide bonds. The van der Waals surface area contributed by atoms with E-state index in [2.05, 4.69) is 13.5 Å². The van der Waals surface area contributed by atoms with Crippen LogP contribution in [-0.4, -0.2) is 27.9 Å². The maximum Gasteiger partial charge on any atom is 1.00 e. The minimum Gasteiger partial charge on any atom is -0.657 e. The molecule has 0 aromatic carbocycles. The SMILES string of the molecule is C=Cc1c(C)/c2[n-]/c1=C\c1[n-]c(c(CC)c1C)/C=c1\[n-]c3c(c1C)C(=O)C(C(=O)O)C=3c1[n-]c(c(C)c1CCC(=O)O)\C=2.[Cu].[Na+]. The van der Waals surface area contributed by atoms with Gasteiger partial charge in [-0.3, -0.25) is 14.4 Å². The minimum atomic E-state index is -1.50. The molecule has 8 bridgehead atoms. The van der Waals surface area contributed by atoms with Gasteiger partial charge < -0.3 is 30.1 Å². The van der Waals surface area contributed by atoms with Crippen LogP contribution in [0, 0.1) is 33.6 Å². The Kier molecular flexibility index (Phi) is 9.69. The predicted octanol–water partition coefficient (Wildman–Crippen LogP) is -2.13. The summed E-state index contributed by atoms with van der Waals surface area (Å²) in [5, 5.41) is 21.9. The topological polar surface area (TPSA) is 148 Å². The van der Waals surface area contributed by atoms with Crippen molar-refractivity contribution in [3.63, 3.8) is 0 Å². The molecule has 1 aliphatic heterocycles. The molecule has 2 aliphatic rings. The minimum absolute atomic E-state index is 0. The van der Waals surface area contributed by atoms with E-state index in [1.165, 1.54) is 0 Å². The van der Waals surface area contributed by atoms with Gasteiger partial charge in [-0.05, 0) is 46.1 Å². The van der Waals surface area contributed by atoms with Crippen LogP contribution in [0.25, 0.3) is 29.9 Å². The van der Waals surface area contributed by atoms with Gasteiger partial charge >= 0.3 is 41.5 Å². The summed E-state index contributed by atoms with van der Waals surface area (Å²) in [4.78, 5) is 57.5. The van der Waals surface area contributed by atoms with Gasteiger partial charge in [0.2, 0.25) is 0 Å². The molecule has 9 nitrogen and oxygen atoms in total. The van der Waals surface area contributed by atoms with Crippen molar-refractivity contribution < 1.29 is 71.2 Å². The maximum absolute atomic E-state index is 13.7. The molecule has 0 saturated heterocycles. The Morgan fingerprint density at radius 1 is 0.844 bits per heavy atom. The molecular formula is C34H30CuN4NaO5-3. The van der Waals surface area contributed by atoms with Crippen LogP contribution in [0.1, 0.15) is 85.4 Å². The fourth-order valence-electron chi connectivity index (χ4n) is 6.44. The zero-order valence-electron chi connectivity index (χ0n) is 25.9. The molecule has 5 heterocycles. The van der Waals surface area contributed by atoms with Crippen molar-refractivity contribution in [2.75, 3.05) is 0 Å². The third-order valence-corrected chi connectivity index (χ3v) is 8.80. The number of hydrogen-bond acceptors (Lipinski definition) is 3. The largest absolute Gasteiger partial charge is 1.00 e. The number of carboxylic acids is 2. The van der Waals surface area contributed by atoms with Crippen LogP contribution < -0.4 is 70.9 Å². The zero-order valence-corrected chi connectivity index (χ0v) is 28.9. The molecule has 45 heavy (non-hydrogen) atoms. The first kappa shape index (κ1) is 34.3. The summed E-state index contributed by atoms with van der Waals surface area (Å²) in [6.07, 6.45) is 8.03. The number of nitrogens with zero attached hydrogens (tertiary/aromatic N) is 4. The molecule has 0 fully saturated rings. The Hall–Kier alpha value is -3.53. The number of hydrogen-bond donors (Lipinski definition) is 2. The van der Waals surface area contributed by atoms with E-state index in [0.717, 1.165) is 40.1 Å². The van der Waals surface area contributed by atoms with E-state index in [0.29, 0.717) is 44.1 Å². The van der Waals surface area contributed by atoms with E-state index in [9.17, 15) is 24.6 Å². The second-order valence-corrected chi connectivity index (χ2v) is 11.1. The van der Waals surface area contributed by atoms with Gasteiger partial charge in [0.05, 0.1) is 0 Å². The van der Waals surface area contributed by atoms with E-state index >= 15 is 0 Å². The summed E-state index contributed by atoms with van der Waals surface area (Å²) in [7, 11) is 0. The molecule has 2 N–H and O–H groups in total. The Balaban J connectivity index is 0.00000230. The summed E-state index contributed by atoms with van der Waals surface area (Å²) in [6, 6.07) is 0. The molecule has 0 spiro atoms. The molecular weight excluding hydrogens is 631 g/mol. The maximum atomic E-state index is 13.7. The number of aliphatic carboxylic acids is 2. The van der Waals surface area contributed by atoms with Crippen molar-refractivity contribution in [3.05, 3.63) is 95.3 Å². The normalized spacial score (nSPS) is 16.8. The third kappa shape index (κ3) is 5.38. The first-order chi connectivity index (χ1) is 20.5.